The van der Waals surface area contributed by atoms with E-state index in [4.69, 9.17) is 13.9 Å². The maximum atomic E-state index is 13.2. The molecule has 2 aliphatic rings. The van der Waals surface area contributed by atoms with Crippen LogP contribution in [-0.2, 0) is 35.6 Å². The van der Waals surface area contributed by atoms with Gasteiger partial charge in [-0.25, -0.2) is 17.9 Å². The minimum absolute atomic E-state index is 0.0712. The van der Waals surface area contributed by atoms with E-state index in [0.29, 0.717) is 30.4 Å². The quantitative estimate of drug-likeness (QED) is 0.450. The Hall–Kier alpha value is -3.21. The van der Waals surface area contributed by atoms with Crippen molar-refractivity contribution in [2.24, 2.45) is 0 Å². The van der Waals surface area contributed by atoms with Crippen LogP contribution in [0.3, 0.4) is 0 Å². The summed E-state index contributed by atoms with van der Waals surface area (Å²) in [7, 11) is -2.44. The van der Waals surface area contributed by atoms with E-state index in [1.807, 2.05) is 0 Å². The molecular formula is C24H26N2O7S. The third-order valence-corrected chi connectivity index (χ3v) is 7.19. The van der Waals surface area contributed by atoms with E-state index in [-0.39, 0.29) is 34.6 Å². The number of rotatable bonds is 8. The van der Waals surface area contributed by atoms with Crippen LogP contribution in [0.4, 0.5) is 0 Å². The lowest BCUT2D eigenvalue weighted by Gasteiger charge is -2.21. The first-order chi connectivity index (χ1) is 16.3. The topological polar surface area (TPSA) is 115 Å². The third-order valence-electron chi connectivity index (χ3n) is 5.77. The van der Waals surface area contributed by atoms with Gasteiger partial charge in [0.05, 0.1) is 42.3 Å². The molecule has 34 heavy (non-hydrogen) atoms. The van der Waals surface area contributed by atoms with Crippen LogP contribution in [-0.4, -0.2) is 51.6 Å². The molecule has 0 radical (unpaired) electrons. The van der Waals surface area contributed by atoms with Gasteiger partial charge < -0.3 is 18.8 Å². The summed E-state index contributed by atoms with van der Waals surface area (Å²) in [6, 6.07) is 11.2. The van der Waals surface area contributed by atoms with E-state index >= 15 is 0 Å². The maximum absolute atomic E-state index is 13.2. The van der Waals surface area contributed by atoms with E-state index in [9.17, 15) is 18.0 Å². The molecule has 2 aliphatic heterocycles. The normalized spacial score (nSPS) is 19.9. The number of esters is 1. The van der Waals surface area contributed by atoms with Crippen molar-refractivity contribution in [2.75, 3.05) is 20.3 Å². The highest BCUT2D eigenvalue weighted by Crippen LogP contribution is 2.33. The van der Waals surface area contributed by atoms with Gasteiger partial charge in [0.25, 0.3) is 5.91 Å². The van der Waals surface area contributed by atoms with Gasteiger partial charge in [-0.1, -0.05) is 18.2 Å². The van der Waals surface area contributed by atoms with Crippen LogP contribution < -0.4 is 4.72 Å². The molecule has 0 bridgehead atoms. The Morgan fingerprint density at radius 1 is 1.24 bits per heavy atom. The zero-order chi connectivity index (χ0) is 24.3. The molecule has 0 unspecified atom stereocenters. The van der Waals surface area contributed by atoms with Crippen LogP contribution in [0.25, 0.3) is 6.08 Å². The van der Waals surface area contributed by atoms with Gasteiger partial charge in [0.2, 0.25) is 10.0 Å². The van der Waals surface area contributed by atoms with Crippen molar-refractivity contribution in [1.29, 1.82) is 0 Å². The van der Waals surface area contributed by atoms with E-state index in [2.05, 4.69) is 4.72 Å². The zero-order valence-electron chi connectivity index (χ0n) is 18.9. The highest BCUT2D eigenvalue weighted by atomic mass is 32.2. The predicted octanol–water partition coefficient (Wildman–Crippen LogP) is 2.61. The van der Waals surface area contributed by atoms with Gasteiger partial charge in [-0.2, -0.15) is 0 Å². The van der Waals surface area contributed by atoms with Gasteiger partial charge in [0.15, 0.2) is 0 Å². The van der Waals surface area contributed by atoms with Crippen molar-refractivity contribution in [3.8, 4) is 0 Å². The monoisotopic (exact) mass is 486 g/mol. The lowest BCUT2D eigenvalue weighted by atomic mass is 10.1. The summed E-state index contributed by atoms with van der Waals surface area (Å²) in [5, 5.41) is 0. The number of methoxy groups -OCH3 is 1. The Kier molecular flexibility index (Phi) is 7.01. The Morgan fingerprint density at radius 2 is 2.00 bits per heavy atom. The number of carbonyl (C=O) groups excluding carboxylic acids is 2. The molecule has 1 atom stereocenters. The predicted molar refractivity (Wildman–Crippen MR) is 123 cm³/mol. The molecule has 10 heteroatoms. The van der Waals surface area contributed by atoms with Gasteiger partial charge in [-0.15, -0.1) is 0 Å². The smallest absolute Gasteiger partial charge is 0.340 e. The Morgan fingerprint density at radius 3 is 2.68 bits per heavy atom. The van der Waals surface area contributed by atoms with Crippen LogP contribution >= 0.6 is 0 Å². The van der Waals surface area contributed by atoms with E-state index in [1.54, 1.807) is 37.3 Å². The highest BCUT2D eigenvalue weighted by molar-refractivity contribution is 7.89. The number of ether oxygens (including phenoxy) is 2. The van der Waals surface area contributed by atoms with Crippen LogP contribution in [0, 0.1) is 0 Å². The van der Waals surface area contributed by atoms with Crippen LogP contribution in [0.1, 0.15) is 31.3 Å². The van der Waals surface area contributed by atoms with Crippen LogP contribution in [0.5, 0.6) is 0 Å². The zero-order valence-corrected chi connectivity index (χ0v) is 19.8. The molecule has 2 aromatic rings. The first kappa shape index (κ1) is 23.9. The Labute approximate surface area is 198 Å². The Bertz CT molecular complexity index is 1240. The number of hydrogen-bond acceptors (Lipinski definition) is 7. The van der Waals surface area contributed by atoms with Crippen molar-refractivity contribution in [1.82, 2.24) is 9.62 Å². The number of furan rings is 1. The lowest BCUT2D eigenvalue weighted by Crippen LogP contribution is -2.33. The number of allylic oxidation sites excluding steroid dienone is 1. The molecule has 0 aliphatic carbocycles. The summed E-state index contributed by atoms with van der Waals surface area (Å²) in [6.45, 7) is 2.64. The first-order valence-electron chi connectivity index (χ1n) is 10.9. The van der Waals surface area contributed by atoms with Gasteiger partial charge in [0.1, 0.15) is 11.5 Å². The Balaban J connectivity index is 1.53. The average molecular weight is 487 g/mol. The molecule has 3 heterocycles. The maximum Gasteiger partial charge on any atom is 0.340 e. The van der Waals surface area contributed by atoms with Crippen molar-refractivity contribution >= 4 is 28.0 Å². The summed E-state index contributed by atoms with van der Waals surface area (Å²) < 4.78 is 43.6. The minimum atomic E-state index is -3.70. The van der Waals surface area contributed by atoms with E-state index in [0.717, 1.165) is 12.8 Å². The molecule has 1 aromatic heterocycles. The molecule has 1 fully saturated rings. The van der Waals surface area contributed by atoms with Gasteiger partial charge in [-0.05, 0) is 50.1 Å². The molecule has 1 N–H and O–H groups in total. The van der Waals surface area contributed by atoms with Gasteiger partial charge in [-0.3, -0.25) is 4.79 Å². The second kappa shape index (κ2) is 9.96. The summed E-state index contributed by atoms with van der Waals surface area (Å²) >= 11 is 0. The average Bonchev–Trinajstić information content (AvgIpc) is 3.56. The number of sulfonamides is 1. The number of nitrogens with one attached hydrogen (secondary N) is 1. The molecule has 180 valence electrons. The summed E-state index contributed by atoms with van der Waals surface area (Å²) in [6.07, 6.45) is 3.18. The van der Waals surface area contributed by atoms with Gasteiger partial charge in [0, 0.05) is 12.3 Å². The fraction of sp³-hybridized carbons (Fsp3) is 0.333. The number of nitrogens with zero attached hydrogens (tertiary/aromatic N) is 1. The molecule has 0 spiro atoms. The second-order valence-corrected chi connectivity index (χ2v) is 9.77. The highest BCUT2D eigenvalue weighted by Gasteiger charge is 2.38. The molecule has 1 saturated heterocycles. The van der Waals surface area contributed by atoms with Crippen molar-refractivity contribution in [3.63, 3.8) is 0 Å². The number of hydrogen-bond donors (Lipinski definition) is 1. The van der Waals surface area contributed by atoms with Crippen LogP contribution in [0.15, 0.2) is 68.6 Å². The molecule has 1 aromatic carbocycles. The molecule has 0 saturated carbocycles. The second-order valence-electron chi connectivity index (χ2n) is 8.00. The number of carbonyl (C=O) groups is 2. The molecule has 9 nitrogen and oxygen atoms in total. The van der Waals surface area contributed by atoms with Crippen molar-refractivity contribution < 1.29 is 31.9 Å². The molecule has 4 rings (SSSR count). The number of amides is 1. The number of benzene rings is 1. The van der Waals surface area contributed by atoms with E-state index in [1.165, 1.54) is 30.2 Å². The van der Waals surface area contributed by atoms with Crippen molar-refractivity contribution in [2.45, 2.75) is 37.3 Å². The SMILES string of the molecule is COC(=O)C1=C(C)N(C[C@H]2CCCO2)C(=O)/C1=C/c1ccc(CNS(=O)(=O)c2ccccc2)o1. The summed E-state index contributed by atoms with van der Waals surface area (Å²) in [5.41, 5.74) is 0.836. The van der Waals surface area contributed by atoms with Crippen molar-refractivity contribution in [3.05, 3.63) is 70.8 Å². The fourth-order valence-corrected chi connectivity index (χ4v) is 5.01. The largest absolute Gasteiger partial charge is 0.465 e. The summed E-state index contributed by atoms with van der Waals surface area (Å²) in [4.78, 5) is 27.3. The minimum Gasteiger partial charge on any atom is -0.465 e. The third kappa shape index (κ3) is 4.98. The molecule has 1 amide bonds. The van der Waals surface area contributed by atoms with E-state index < -0.39 is 16.0 Å². The van der Waals surface area contributed by atoms with Crippen LogP contribution in [0.2, 0.25) is 0 Å². The first-order valence-corrected chi connectivity index (χ1v) is 12.4. The standard InChI is InChI=1S/C24H26N2O7S/c1-16-22(24(28)31-2)21(23(27)26(16)15-19-7-6-12-32-19)13-17-10-11-18(33-17)14-25-34(29,30)20-8-4-3-5-9-20/h3-5,8-11,13,19,25H,6-7,12,14-15H2,1-2H3/b21-13+/t19-/m1/s1. The van der Waals surface area contributed by atoms with Gasteiger partial charge >= 0.3 is 5.97 Å². The molecular weight excluding hydrogens is 460 g/mol. The fourth-order valence-electron chi connectivity index (χ4n) is 4.00. The summed E-state index contributed by atoms with van der Waals surface area (Å²) in [5.74, 6) is -0.288. The lowest BCUT2D eigenvalue weighted by molar-refractivity contribution is -0.136.